The summed E-state index contributed by atoms with van der Waals surface area (Å²) in [6, 6.07) is 17.0. The van der Waals surface area contributed by atoms with Gasteiger partial charge in [-0.05, 0) is 22.9 Å². The second-order valence-corrected chi connectivity index (χ2v) is 6.37. The minimum Gasteiger partial charge on any atom is -0.457 e. The van der Waals surface area contributed by atoms with E-state index in [9.17, 15) is 10.1 Å². The van der Waals surface area contributed by atoms with Gasteiger partial charge >= 0.3 is 0 Å². The number of nitro groups is 1. The van der Waals surface area contributed by atoms with Crippen molar-refractivity contribution in [3.63, 3.8) is 0 Å². The Balaban J connectivity index is 1.88. The van der Waals surface area contributed by atoms with Gasteiger partial charge in [0.15, 0.2) is 0 Å². The fraction of sp³-hybridized carbons (Fsp3) is 0.143. The summed E-state index contributed by atoms with van der Waals surface area (Å²) < 4.78 is 6.18. The van der Waals surface area contributed by atoms with E-state index in [0.717, 1.165) is 27.6 Å². The summed E-state index contributed by atoms with van der Waals surface area (Å²) in [7, 11) is 0. The Kier molecular flexibility index (Phi) is 4.14. The summed E-state index contributed by atoms with van der Waals surface area (Å²) in [6.45, 7) is 5.78. The van der Waals surface area contributed by atoms with Crippen LogP contribution in [-0.2, 0) is 13.1 Å². The van der Waals surface area contributed by atoms with Crippen LogP contribution in [-0.4, -0.2) is 16.4 Å². The third-order valence-electron chi connectivity index (χ3n) is 4.64. The maximum atomic E-state index is 11.1. The summed E-state index contributed by atoms with van der Waals surface area (Å²) in [5.41, 5.74) is 2.00. The number of hydrogen-bond acceptors (Lipinski definition) is 4. The van der Waals surface area contributed by atoms with E-state index in [4.69, 9.17) is 4.74 Å². The molecule has 3 aromatic rings. The molecule has 0 aromatic heterocycles. The second kappa shape index (κ2) is 6.61. The van der Waals surface area contributed by atoms with Crippen LogP contribution >= 0.6 is 0 Å². The highest BCUT2D eigenvalue weighted by atomic mass is 16.6. The number of ether oxygens (including phenoxy) is 1. The molecule has 0 fully saturated rings. The van der Waals surface area contributed by atoms with Crippen LogP contribution in [0.15, 0.2) is 67.3 Å². The van der Waals surface area contributed by atoms with E-state index < -0.39 is 0 Å². The Morgan fingerprint density at radius 2 is 1.92 bits per heavy atom. The lowest BCUT2D eigenvalue weighted by atomic mass is 10.0. The number of benzene rings is 3. The van der Waals surface area contributed by atoms with Gasteiger partial charge in [0.25, 0.3) is 5.69 Å². The van der Waals surface area contributed by atoms with Gasteiger partial charge in [-0.25, -0.2) is 0 Å². The van der Waals surface area contributed by atoms with Crippen LogP contribution in [0.5, 0.6) is 11.5 Å². The third-order valence-corrected chi connectivity index (χ3v) is 4.64. The van der Waals surface area contributed by atoms with Crippen molar-refractivity contribution >= 4 is 16.5 Å². The highest BCUT2D eigenvalue weighted by molar-refractivity contribution is 5.88. The number of nitro benzene ring substituents is 1. The standard InChI is InChI=1S/C21H18N2O3/c1-2-11-22-13-16-12-17(23(24)25)8-10-20(16)26-21-9-7-15-5-3-4-6-18(15)19(21)14-22/h2-10,12H,1,11,13-14H2. The summed E-state index contributed by atoms with van der Waals surface area (Å²) in [4.78, 5) is 13.0. The molecule has 0 unspecified atom stereocenters. The Labute approximate surface area is 151 Å². The summed E-state index contributed by atoms with van der Waals surface area (Å²) in [6.07, 6.45) is 1.85. The lowest BCUT2D eigenvalue weighted by molar-refractivity contribution is -0.384. The van der Waals surface area contributed by atoms with Crippen LogP contribution in [0.1, 0.15) is 11.1 Å². The smallest absolute Gasteiger partial charge is 0.270 e. The number of non-ortho nitro benzene ring substituents is 1. The number of fused-ring (bicyclic) bond motifs is 4. The van der Waals surface area contributed by atoms with Gasteiger partial charge in [0, 0.05) is 42.9 Å². The van der Waals surface area contributed by atoms with E-state index in [0.29, 0.717) is 25.4 Å². The van der Waals surface area contributed by atoms with Gasteiger partial charge in [-0.1, -0.05) is 36.4 Å². The van der Waals surface area contributed by atoms with Gasteiger partial charge in [-0.3, -0.25) is 15.0 Å². The normalized spacial score (nSPS) is 13.8. The maximum absolute atomic E-state index is 11.1. The molecule has 0 saturated carbocycles. The van der Waals surface area contributed by atoms with Crippen molar-refractivity contribution in [2.75, 3.05) is 6.54 Å². The van der Waals surface area contributed by atoms with Gasteiger partial charge in [0.05, 0.1) is 4.92 Å². The largest absolute Gasteiger partial charge is 0.457 e. The third kappa shape index (κ3) is 2.93. The van der Waals surface area contributed by atoms with Crippen molar-refractivity contribution in [1.29, 1.82) is 0 Å². The number of nitrogens with zero attached hydrogens (tertiary/aromatic N) is 2. The van der Waals surface area contributed by atoms with Crippen LogP contribution in [0.2, 0.25) is 0 Å². The van der Waals surface area contributed by atoms with Gasteiger partial charge in [0.1, 0.15) is 11.5 Å². The summed E-state index contributed by atoms with van der Waals surface area (Å²) >= 11 is 0. The quantitative estimate of drug-likeness (QED) is 0.379. The minimum atomic E-state index is -0.377. The molecule has 3 aromatic carbocycles. The van der Waals surface area contributed by atoms with Crippen molar-refractivity contribution in [1.82, 2.24) is 4.90 Å². The molecule has 0 aliphatic carbocycles. The molecular weight excluding hydrogens is 328 g/mol. The van der Waals surface area contributed by atoms with E-state index in [-0.39, 0.29) is 10.6 Å². The lowest BCUT2D eigenvalue weighted by Gasteiger charge is -2.27. The first-order chi connectivity index (χ1) is 12.7. The first kappa shape index (κ1) is 16.3. The van der Waals surface area contributed by atoms with Gasteiger partial charge in [-0.2, -0.15) is 0 Å². The Morgan fingerprint density at radius 3 is 2.73 bits per heavy atom. The molecule has 0 atom stereocenters. The van der Waals surface area contributed by atoms with Gasteiger partial charge < -0.3 is 4.74 Å². The van der Waals surface area contributed by atoms with Crippen LogP contribution in [0.25, 0.3) is 10.8 Å². The van der Waals surface area contributed by atoms with Crippen molar-refractivity contribution in [2.24, 2.45) is 0 Å². The van der Waals surface area contributed by atoms with Gasteiger partial charge in [-0.15, -0.1) is 6.58 Å². The topological polar surface area (TPSA) is 55.6 Å². The molecule has 0 saturated heterocycles. The zero-order chi connectivity index (χ0) is 18.1. The summed E-state index contributed by atoms with van der Waals surface area (Å²) in [5, 5.41) is 13.4. The molecule has 0 bridgehead atoms. The molecule has 4 rings (SSSR count). The molecule has 5 heteroatoms. The molecule has 0 N–H and O–H groups in total. The number of hydrogen-bond donors (Lipinski definition) is 0. The highest BCUT2D eigenvalue weighted by Gasteiger charge is 2.21. The average Bonchev–Trinajstić information content (AvgIpc) is 2.63. The van der Waals surface area contributed by atoms with E-state index in [1.807, 2.05) is 30.3 Å². The van der Waals surface area contributed by atoms with Crippen molar-refractivity contribution in [3.8, 4) is 11.5 Å². The SMILES string of the molecule is C=CCN1Cc2cc([N+](=O)[O-])ccc2Oc2ccc3ccccc3c2C1. The zero-order valence-corrected chi connectivity index (χ0v) is 14.2. The van der Waals surface area contributed by atoms with E-state index in [2.05, 4.69) is 23.6 Å². The second-order valence-electron chi connectivity index (χ2n) is 6.37. The van der Waals surface area contributed by atoms with Crippen molar-refractivity contribution < 1.29 is 9.66 Å². The monoisotopic (exact) mass is 346 g/mol. The van der Waals surface area contributed by atoms with Crippen LogP contribution in [0.3, 0.4) is 0 Å². The molecule has 1 aliphatic rings. The highest BCUT2D eigenvalue weighted by Crippen LogP contribution is 2.37. The van der Waals surface area contributed by atoms with Crippen LogP contribution < -0.4 is 4.74 Å². The fourth-order valence-electron chi connectivity index (χ4n) is 3.43. The lowest BCUT2D eigenvalue weighted by Crippen LogP contribution is -2.25. The minimum absolute atomic E-state index is 0.0743. The van der Waals surface area contributed by atoms with Crippen molar-refractivity contribution in [3.05, 3.63) is 88.5 Å². The Bertz CT molecular complexity index is 1010. The molecule has 0 spiro atoms. The van der Waals surface area contributed by atoms with E-state index in [1.165, 1.54) is 6.07 Å². The van der Waals surface area contributed by atoms with E-state index in [1.54, 1.807) is 12.1 Å². The number of rotatable bonds is 3. The predicted molar refractivity (Wildman–Crippen MR) is 101 cm³/mol. The first-order valence-corrected chi connectivity index (χ1v) is 8.45. The molecule has 1 aliphatic heterocycles. The zero-order valence-electron chi connectivity index (χ0n) is 14.2. The first-order valence-electron chi connectivity index (χ1n) is 8.45. The molecule has 26 heavy (non-hydrogen) atoms. The maximum Gasteiger partial charge on any atom is 0.270 e. The van der Waals surface area contributed by atoms with Gasteiger partial charge in [0.2, 0.25) is 0 Å². The summed E-state index contributed by atoms with van der Waals surface area (Å²) in [5.74, 6) is 1.44. The Hall–Kier alpha value is -3.18. The van der Waals surface area contributed by atoms with E-state index >= 15 is 0 Å². The molecule has 5 nitrogen and oxygen atoms in total. The Morgan fingerprint density at radius 1 is 1.12 bits per heavy atom. The average molecular weight is 346 g/mol. The molecule has 1 heterocycles. The van der Waals surface area contributed by atoms with Crippen molar-refractivity contribution in [2.45, 2.75) is 13.1 Å². The fourth-order valence-corrected chi connectivity index (χ4v) is 3.43. The molecule has 130 valence electrons. The van der Waals surface area contributed by atoms with Crippen LogP contribution in [0.4, 0.5) is 5.69 Å². The van der Waals surface area contributed by atoms with Crippen LogP contribution in [0, 0.1) is 10.1 Å². The molecular formula is C21H18N2O3. The predicted octanol–water partition coefficient (Wildman–Crippen LogP) is 5.04. The molecule has 0 radical (unpaired) electrons. The molecule has 0 amide bonds.